The molecule has 0 aliphatic heterocycles. The van der Waals surface area contributed by atoms with E-state index in [1.165, 1.54) is 11.1 Å². The molecule has 0 atom stereocenters. The summed E-state index contributed by atoms with van der Waals surface area (Å²) in [7, 11) is 0. The second-order valence-electron chi connectivity index (χ2n) is 4.41. The van der Waals surface area contributed by atoms with Gasteiger partial charge >= 0.3 is 6.16 Å². The molecule has 3 heteroatoms. The Bertz CT molecular complexity index is 642. The molecule has 3 nitrogen and oxygen atoms in total. The van der Waals surface area contributed by atoms with Crippen molar-refractivity contribution in [2.24, 2.45) is 0 Å². The third-order valence-corrected chi connectivity index (χ3v) is 2.83. The summed E-state index contributed by atoms with van der Waals surface area (Å²) in [5, 5.41) is 8.14. The summed E-state index contributed by atoms with van der Waals surface area (Å²) in [5.41, 5.74) is 2.55. The summed E-state index contributed by atoms with van der Waals surface area (Å²) in [5.74, 6) is 0.343. The predicted molar refractivity (Wildman–Crippen MR) is 87.0 cm³/mol. The summed E-state index contributed by atoms with van der Waals surface area (Å²) in [6, 6.07) is 29.1. The third kappa shape index (κ3) is 5.13. The monoisotopic (exact) mass is 292 g/mol. The first-order chi connectivity index (χ1) is 10.8. The summed E-state index contributed by atoms with van der Waals surface area (Å²) in [4.78, 5) is 9.95. The van der Waals surface area contributed by atoms with Gasteiger partial charge in [0.1, 0.15) is 5.75 Å². The predicted octanol–water partition coefficient (Wildman–Crippen LogP) is 5.10. The average molecular weight is 292 g/mol. The van der Waals surface area contributed by atoms with Crippen molar-refractivity contribution in [3.8, 4) is 16.9 Å². The molecule has 3 rings (SSSR count). The number of benzene rings is 3. The number of hydrogen-bond acceptors (Lipinski definition) is 2. The Morgan fingerprint density at radius 1 is 0.636 bits per heavy atom. The minimum atomic E-state index is -1.29. The van der Waals surface area contributed by atoms with Crippen LogP contribution in [-0.4, -0.2) is 11.3 Å². The number of para-hydroxylation sites is 1. The van der Waals surface area contributed by atoms with E-state index >= 15 is 0 Å². The zero-order valence-corrected chi connectivity index (χ0v) is 11.9. The van der Waals surface area contributed by atoms with Crippen molar-refractivity contribution in [2.45, 2.75) is 0 Å². The van der Waals surface area contributed by atoms with Gasteiger partial charge in [0.25, 0.3) is 0 Å². The zero-order chi connectivity index (χ0) is 15.6. The number of rotatable bonds is 2. The minimum absolute atomic E-state index is 0.343. The first-order valence-corrected chi connectivity index (χ1v) is 6.82. The van der Waals surface area contributed by atoms with Gasteiger partial charge in [-0.25, -0.2) is 4.79 Å². The molecule has 0 radical (unpaired) electrons. The summed E-state index contributed by atoms with van der Waals surface area (Å²) < 4.78 is 4.33. The second-order valence-corrected chi connectivity index (χ2v) is 4.41. The molecule has 1 N–H and O–H groups in total. The Hall–Kier alpha value is -3.07. The summed E-state index contributed by atoms with van der Waals surface area (Å²) in [6.45, 7) is 0. The van der Waals surface area contributed by atoms with E-state index in [9.17, 15) is 4.79 Å². The van der Waals surface area contributed by atoms with Crippen LogP contribution in [0.15, 0.2) is 91.0 Å². The van der Waals surface area contributed by atoms with Crippen LogP contribution in [0.5, 0.6) is 5.75 Å². The van der Waals surface area contributed by atoms with Crippen molar-refractivity contribution in [3.05, 3.63) is 91.0 Å². The zero-order valence-electron chi connectivity index (χ0n) is 11.9. The topological polar surface area (TPSA) is 46.5 Å². The van der Waals surface area contributed by atoms with Gasteiger partial charge in [-0.15, -0.1) is 0 Å². The molecule has 0 amide bonds. The molecule has 0 unspecified atom stereocenters. The molecule has 3 aromatic rings. The van der Waals surface area contributed by atoms with Crippen LogP contribution in [0.1, 0.15) is 0 Å². The molecule has 110 valence electrons. The Morgan fingerprint density at radius 2 is 1.00 bits per heavy atom. The molecule has 3 aromatic carbocycles. The lowest BCUT2D eigenvalue weighted by Crippen LogP contribution is -2.02. The number of carbonyl (C=O) groups is 1. The van der Waals surface area contributed by atoms with Gasteiger partial charge in [0.05, 0.1) is 0 Å². The van der Waals surface area contributed by atoms with E-state index in [0.717, 1.165) is 0 Å². The van der Waals surface area contributed by atoms with E-state index in [2.05, 4.69) is 53.3 Å². The molecule has 0 aliphatic carbocycles. The van der Waals surface area contributed by atoms with Gasteiger partial charge in [-0.1, -0.05) is 78.9 Å². The largest absolute Gasteiger partial charge is 0.511 e. The maximum absolute atomic E-state index is 9.95. The summed E-state index contributed by atoms with van der Waals surface area (Å²) in [6.07, 6.45) is -1.29. The average Bonchev–Trinajstić information content (AvgIpc) is 2.57. The quantitative estimate of drug-likeness (QED) is 0.528. The van der Waals surface area contributed by atoms with Crippen LogP contribution >= 0.6 is 0 Å². The van der Waals surface area contributed by atoms with Crippen molar-refractivity contribution in [1.29, 1.82) is 0 Å². The highest BCUT2D eigenvalue weighted by Crippen LogP contribution is 2.17. The van der Waals surface area contributed by atoms with Crippen molar-refractivity contribution in [2.75, 3.05) is 0 Å². The van der Waals surface area contributed by atoms with E-state index in [1.54, 1.807) is 30.3 Å². The van der Waals surface area contributed by atoms with Crippen LogP contribution in [0.4, 0.5) is 4.79 Å². The summed E-state index contributed by atoms with van der Waals surface area (Å²) >= 11 is 0. The van der Waals surface area contributed by atoms with Crippen LogP contribution in [0.25, 0.3) is 11.1 Å². The van der Waals surface area contributed by atoms with Crippen LogP contribution in [0.3, 0.4) is 0 Å². The fourth-order valence-corrected chi connectivity index (χ4v) is 1.85. The third-order valence-electron chi connectivity index (χ3n) is 2.83. The normalized spacial score (nSPS) is 9.27. The highest BCUT2D eigenvalue weighted by molar-refractivity contribution is 5.62. The fourth-order valence-electron chi connectivity index (χ4n) is 1.85. The van der Waals surface area contributed by atoms with Crippen LogP contribution < -0.4 is 4.74 Å². The lowest BCUT2D eigenvalue weighted by molar-refractivity contribution is 0.144. The molecule has 0 fully saturated rings. The van der Waals surface area contributed by atoms with E-state index in [1.807, 2.05) is 12.1 Å². The van der Waals surface area contributed by atoms with E-state index in [0.29, 0.717) is 5.75 Å². The number of hydrogen-bond donors (Lipinski definition) is 1. The first kappa shape index (κ1) is 15.3. The van der Waals surface area contributed by atoms with Crippen molar-refractivity contribution < 1.29 is 14.6 Å². The van der Waals surface area contributed by atoms with E-state index in [-0.39, 0.29) is 0 Å². The second kappa shape index (κ2) is 8.27. The van der Waals surface area contributed by atoms with Gasteiger partial charge in [0.15, 0.2) is 0 Å². The van der Waals surface area contributed by atoms with Gasteiger partial charge in [-0.3, -0.25) is 0 Å². The Balaban J connectivity index is 0.000000164. The van der Waals surface area contributed by atoms with Crippen molar-refractivity contribution in [1.82, 2.24) is 0 Å². The molecule has 0 aliphatic rings. The van der Waals surface area contributed by atoms with E-state index < -0.39 is 6.16 Å². The van der Waals surface area contributed by atoms with Gasteiger partial charge in [-0.2, -0.15) is 0 Å². The van der Waals surface area contributed by atoms with Crippen molar-refractivity contribution in [3.63, 3.8) is 0 Å². The van der Waals surface area contributed by atoms with Crippen LogP contribution in [0, 0.1) is 0 Å². The lowest BCUT2D eigenvalue weighted by atomic mass is 10.1. The Labute approximate surface area is 129 Å². The van der Waals surface area contributed by atoms with Crippen LogP contribution in [-0.2, 0) is 0 Å². The molecule has 0 spiro atoms. The highest BCUT2D eigenvalue weighted by atomic mass is 16.7. The molecule has 0 saturated carbocycles. The standard InChI is InChI=1S/C12H10.C7H6O3/c1-3-7-11(8-4-1)12-9-5-2-6-10-12;8-7(9)10-6-4-2-1-3-5-6/h1-10H;1-5H,(H,8,9). The molecule has 22 heavy (non-hydrogen) atoms. The minimum Gasteiger partial charge on any atom is -0.449 e. The van der Waals surface area contributed by atoms with Crippen LogP contribution in [0.2, 0.25) is 0 Å². The molecular weight excluding hydrogens is 276 g/mol. The Kier molecular flexibility index (Phi) is 5.76. The maximum Gasteiger partial charge on any atom is 0.511 e. The molecule has 0 heterocycles. The van der Waals surface area contributed by atoms with Gasteiger partial charge in [-0.05, 0) is 23.3 Å². The van der Waals surface area contributed by atoms with Gasteiger partial charge in [0.2, 0.25) is 0 Å². The number of ether oxygens (including phenoxy) is 1. The van der Waals surface area contributed by atoms with Gasteiger partial charge < -0.3 is 9.84 Å². The van der Waals surface area contributed by atoms with Crippen molar-refractivity contribution >= 4 is 6.16 Å². The van der Waals surface area contributed by atoms with E-state index in [4.69, 9.17) is 5.11 Å². The van der Waals surface area contributed by atoms with Gasteiger partial charge in [0, 0.05) is 0 Å². The smallest absolute Gasteiger partial charge is 0.449 e. The molecular formula is C19H16O3. The first-order valence-electron chi connectivity index (χ1n) is 6.82. The molecule has 0 saturated heterocycles. The fraction of sp³-hybridized carbons (Fsp3) is 0. The molecule has 0 bridgehead atoms. The Morgan fingerprint density at radius 3 is 1.36 bits per heavy atom. The lowest BCUT2D eigenvalue weighted by Gasteiger charge is -1.98. The SMILES string of the molecule is O=C(O)Oc1ccccc1.c1ccc(-c2ccccc2)cc1. The molecule has 0 aromatic heterocycles. The number of carboxylic acid groups (broad SMARTS) is 1. The highest BCUT2D eigenvalue weighted by Gasteiger charge is 1.96. The maximum atomic E-state index is 9.95.